The lowest BCUT2D eigenvalue weighted by Gasteiger charge is -2.38. The van der Waals surface area contributed by atoms with Gasteiger partial charge in [-0.3, -0.25) is 4.79 Å². The van der Waals surface area contributed by atoms with E-state index in [1.165, 1.54) is 0 Å². The molecule has 3 aliphatic heterocycles. The Bertz CT molecular complexity index is 270. The molecule has 3 saturated heterocycles. The van der Waals surface area contributed by atoms with Gasteiger partial charge in [0.25, 0.3) is 5.91 Å². The van der Waals surface area contributed by atoms with Crippen LogP contribution in [0, 0.1) is 0 Å². The first-order chi connectivity index (χ1) is 7.29. The maximum Gasteiger partial charge on any atom is 0.251 e. The van der Waals surface area contributed by atoms with Gasteiger partial charge < -0.3 is 15.0 Å². The van der Waals surface area contributed by atoms with Crippen molar-refractivity contribution in [2.45, 2.75) is 37.4 Å². The third kappa shape index (κ3) is 1.56. The summed E-state index contributed by atoms with van der Waals surface area (Å²) in [5.74, 6) is 0.233. The molecule has 15 heavy (non-hydrogen) atoms. The number of nitrogens with zero attached hydrogens (tertiary/aromatic N) is 1. The lowest BCUT2D eigenvalue weighted by atomic mass is 9.93. The maximum absolute atomic E-state index is 12.1. The molecule has 84 valence electrons. The minimum atomic E-state index is -0.148. The van der Waals surface area contributed by atoms with Gasteiger partial charge in [0, 0.05) is 26.2 Å². The van der Waals surface area contributed by atoms with Gasteiger partial charge in [-0.1, -0.05) is 0 Å². The van der Waals surface area contributed by atoms with Gasteiger partial charge in [-0.15, -0.1) is 0 Å². The number of carbonyl (C=O) groups is 1. The number of hydrogen-bond donors (Lipinski definition) is 1. The predicted molar refractivity (Wildman–Crippen MR) is 55.5 cm³/mol. The second-order valence-electron chi connectivity index (χ2n) is 4.96. The van der Waals surface area contributed by atoms with Crippen LogP contribution in [0.4, 0.5) is 0 Å². The molecule has 4 nitrogen and oxygen atoms in total. The average Bonchev–Trinajstić information content (AvgIpc) is 2.85. The van der Waals surface area contributed by atoms with E-state index in [-0.39, 0.29) is 17.6 Å². The predicted octanol–water partition coefficient (Wildman–Crippen LogP) is 0.130. The van der Waals surface area contributed by atoms with Crippen LogP contribution >= 0.6 is 0 Å². The van der Waals surface area contributed by atoms with Crippen LogP contribution in [0.3, 0.4) is 0 Å². The van der Waals surface area contributed by atoms with E-state index in [9.17, 15) is 4.79 Å². The highest BCUT2D eigenvalue weighted by Gasteiger charge is 2.47. The van der Waals surface area contributed by atoms with Crippen molar-refractivity contribution in [2.24, 2.45) is 0 Å². The first-order valence-corrected chi connectivity index (χ1v) is 5.96. The Morgan fingerprint density at radius 3 is 2.60 bits per heavy atom. The molecule has 1 spiro atoms. The van der Waals surface area contributed by atoms with Crippen molar-refractivity contribution in [3.05, 3.63) is 0 Å². The van der Waals surface area contributed by atoms with E-state index in [4.69, 9.17) is 4.74 Å². The molecule has 3 rings (SSSR count). The van der Waals surface area contributed by atoms with Gasteiger partial charge in [0.05, 0.1) is 5.60 Å². The molecular formula is C11H18N2O2. The number of rotatable bonds is 1. The standard InChI is InChI=1S/C11H18N2O2/c14-10(13-5-1-2-6-13)9-3-4-11(15-9)7-12-8-11/h9,12H,1-8H2/t9-/m1/s1. The summed E-state index contributed by atoms with van der Waals surface area (Å²) in [7, 11) is 0. The van der Waals surface area contributed by atoms with Crippen LogP contribution in [0.2, 0.25) is 0 Å². The van der Waals surface area contributed by atoms with Crippen LogP contribution in [0.1, 0.15) is 25.7 Å². The van der Waals surface area contributed by atoms with Gasteiger partial charge in [0.1, 0.15) is 6.10 Å². The smallest absolute Gasteiger partial charge is 0.251 e. The normalized spacial score (nSPS) is 33.3. The van der Waals surface area contributed by atoms with E-state index in [0.29, 0.717) is 0 Å². The maximum atomic E-state index is 12.1. The quantitative estimate of drug-likeness (QED) is 0.669. The molecule has 0 radical (unpaired) electrons. The van der Waals surface area contributed by atoms with Crippen molar-refractivity contribution < 1.29 is 9.53 Å². The highest BCUT2D eigenvalue weighted by molar-refractivity contribution is 5.81. The van der Waals surface area contributed by atoms with Crippen molar-refractivity contribution in [2.75, 3.05) is 26.2 Å². The molecule has 1 N–H and O–H groups in total. The Morgan fingerprint density at radius 2 is 2.07 bits per heavy atom. The fraction of sp³-hybridized carbons (Fsp3) is 0.909. The van der Waals surface area contributed by atoms with E-state index in [0.717, 1.165) is 51.9 Å². The summed E-state index contributed by atoms with van der Waals surface area (Å²) >= 11 is 0. The van der Waals surface area contributed by atoms with Gasteiger partial charge in [0.15, 0.2) is 0 Å². The zero-order valence-corrected chi connectivity index (χ0v) is 9.00. The van der Waals surface area contributed by atoms with E-state index in [2.05, 4.69) is 5.32 Å². The number of ether oxygens (including phenoxy) is 1. The number of carbonyl (C=O) groups excluding carboxylic acids is 1. The number of nitrogens with one attached hydrogen (secondary N) is 1. The molecule has 1 atom stereocenters. The lowest BCUT2D eigenvalue weighted by Crippen LogP contribution is -2.59. The molecule has 0 aromatic heterocycles. The summed E-state index contributed by atoms with van der Waals surface area (Å²) in [5, 5.41) is 3.22. The molecule has 0 bridgehead atoms. The average molecular weight is 210 g/mol. The van der Waals surface area contributed by atoms with E-state index < -0.39 is 0 Å². The van der Waals surface area contributed by atoms with Crippen LogP contribution in [0.25, 0.3) is 0 Å². The first kappa shape index (κ1) is 9.60. The van der Waals surface area contributed by atoms with Crippen LogP contribution in [0.15, 0.2) is 0 Å². The monoisotopic (exact) mass is 210 g/mol. The summed E-state index contributed by atoms with van der Waals surface area (Å²) in [6.07, 6.45) is 4.13. The lowest BCUT2D eigenvalue weighted by molar-refractivity contribution is -0.150. The summed E-state index contributed by atoms with van der Waals surface area (Å²) in [4.78, 5) is 14.0. The van der Waals surface area contributed by atoms with Crippen LogP contribution < -0.4 is 5.32 Å². The number of amides is 1. The minimum Gasteiger partial charge on any atom is -0.359 e. The minimum absolute atomic E-state index is 0.0139. The van der Waals surface area contributed by atoms with Crippen LogP contribution in [-0.2, 0) is 9.53 Å². The molecule has 0 aromatic carbocycles. The molecule has 0 unspecified atom stereocenters. The SMILES string of the molecule is O=C([C@H]1CCC2(CNC2)O1)N1CCCC1. The Kier molecular flexibility index (Phi) is 2.21. The fourth-order valence-corrected chi connectivity index (χ4v) is 2.79. The van der Waals surface area contributed by atoms with Crippen molar-refractivity contribution in [3.63, 3.8) is 0 Å². The fourth-order valence-electron chi connectivity index (χ4n) is 2.79. The largest absolute Gasteiger partial charge is 0.359 e. The van der Waals surface area contributed by atoms with Gasteiger partial charge >= 0.3 is 0 Å². The zero-order valence-electron chi connectivity index (χ0n) is 9.00. The van der Waals surface area contributed by atoms with Gasteiger partial charge in [0.2, 0.25) is 0 Å². The second-order valence-corrected chi connectivity index (χ2v) is 4.96. The van der Waals surface area contributed by atoms with Crippen molar-refractivity contribution in [3.8, 4) is 0 Å². The molecule has 0 aromatic rings. The van der Waals surface area contributed by atoms with Crippen molar-refractivity contribution in [1.82, 2.24) is 10.2 Å². The van der Waals surface area contributed by atoms with Gasteiger partial charge in [-0.2, -0.15) is 0 Å². The molecule has 1 amide bonds. The molecule has 0 aliphatic carbocycles. The zero-order chi connectivity index (χ0) is 10.3. The number of hydrogen-bond acceptors (Lipinski definition) is 3. The summed E-state index contributed by atoms with van der Waals surface area (Å²) < 4.78 is 5.91. The van der Waals surface area contributed by atoms with Crippen LogP contribution in [-0.4, -0.2) is 48.7 Å². The Balaban J connectivity index is 1.61. The van der Waals surface area contributed by atoms with E-state index in [1.807, 2.05) is 4.90 Å². The topological polar surface area (TPSA) is 41.6 Å². The molecule has 3 heterocycles. The Hall–Kier alpha value is -0.610. The van der Waals surface area contributed by atoms with E-state index >= 15 is 0 Å². The summed E-state index contributed by atoms with van der Waals surface area (Å²) in [6, 6.07) is 0. The third-order valence-corrected chi connectivity index (χ3v) is 3.84. The molecule has 4 heteroatoms. The van der Waals surface area contributed by atoms with Crippen molar-refractivity contribution >= 4 is 5.91 Å². The van der Waals surface area contributed by atoms with E-state index in [1.54, 1.807) is 0 Å². The highest BCUT2D eigenvalue weighted by atomic mass is 16.5. The Labute approximate surface area is 90.0 Å². The molecular weight excluding hydrogens is 192 g/mol. The highest BCUT2D eigenvalue weighted by Crippen LogP contribution is 2.34. The molecule has 0 saturated carbocycles. The summed E-state index contributed by atoms with van der Waals surface area (Å²) in [5.41, 5.74) is 0.0139. The number of likely N-dealkylation sites (tertiary alicyclic amines) is 1. The van der Waals surface area contributed by atoms with Gasteiger partial charge in [-0.05, 0) is 25.7 Å². The Morgan fingerprint density at radius 1 is 1.33 bits per heavy atom. The second kappa shape index (κ2) is 3.46. The summed E-state index contributed by atoms with van der Waals surface area (Å²) in [6.45, 7) is 3.72. The molecule has 3 fully saturated rings. The third-order valence-electron chi connectivity index (χ3n) is 3.84. The van der Waals surface area contributed by atoms with Gasteiger partial charge in [-0.25, -0.2) is 0 Å². The van der Waals surface area contributed by atoms with Crippen LogP contribution in [0.5, 0.6) is 0 Å². The first-order valence-electron chi connectivity index (χ1n) is 5.96. The van der Waals surface area contributed by atoms with Crippen molar-refractivity contribution in [1.29, 1.82) is 0 Å². The molecule has 3 aliphatic rings.